The molecule has 3 unspecified atom stereocenters. The maximum Gasteiger partial charge on any atom is 0.432 e. The SMILES string of the molecule is CC1(C)OCC(CO)O1.CC1(C)OCC(COC(=O)Cc2ccc(N3CCN(c4ccc(-c5ncc(C(F)(F)F)[nH]5)cn4)CC3)cc2)O1.COC(=O)Cc1ccc(N2CCN(c3ccc(-c4ncc(C(F)(F)F)[nH]4)cn3)CC2)cc1.O=C(Cc1ccc(N2CCN(c3ccc(-c4ncc(C(F)(F)F)[nH]4)cn3)CC2)cc1)OCC(O)CO.O=C(O)Cc1ccc(N2CCN(c3ccc(-c4ncc(C(F)(F)F)[nH]4)cn3)CC2)cc1. The molecule has 4 aromatic carbocycles. The van der Waals surface area contributed by atoms with E-state index >= 15 is 0 Å². The van der Waals surface area contributed by atoms with Crippen molar-refractivity contribution in [3.8, 4) is 45.6 Å². The number of aromatic nitrogens is 12. The highest BCUT2D eigenvalue weighted by molar-refractivity contribution is 5.75. The fourth-order valence-corrected chi connectivity index (χ4v) is 16.3. The zero-order valence-electron chi connectivity index (χ0n) is 80.6. The first-order valence-corrected chi connectivity index (χ1v) is 46.9. The van der Waals surface area contributed by atoms with Crippen LogP contribution in [0, 0.1) is 0 Å². The Bertz CT molecular complexity index is 6230. The Hall–Kier alpha value is -14.5. The average Bonchev–Trinajstić information content (AvgIpc) is 1.18. The molecule has 3 atom stereocenters. The number of alkyl halides is 12. The Morgan fingerprint density at radius 2 is 0.619 bits per heavy atom. The molecule has 6 fully saturated rings. The van der Waals surface area contributed by atoms with Gasteiger partial charge >= 0.3 is 48.6 Å². The molecular weight excluding hydrogens is 1950 g/mol. The van der Waals surface area contributed by atoms with Crippen LogP contribution in [0.5, 0.6) is 0 Å². The Morgan fingerprint density at radius 1 is 0.361 bits per heavy atom. The van der Waals surface area contributed by atoms with E-state index in [1.165, 1.54) is 31.9 Å². The number of aromatic amines is 4. The number of pyridine rings is 4. The summed E-state index contributed by atoms with van der Waals surface area (Å²) >= 11 is 0. The number of nitrogens with one attached hydrogen (secondary N) is 4. The number of aliphatic hydroxyl groups excluding tert-OH is 3. The predicted molar refractivity (Wildman–Crippen MR) is 517 cm³/mol. The number of carbonyl (C=O) groups excluding carboxylic acids is 3. The lowest BCUT2D eigenvalue weighted by Crippen LogP contribution is -2.46. The summed E-state index contributed by atoms with van der Waals surface area (Å²) in [6.07, 6.45) is -9.62. The number of hydrogen-bond donors (Lipinski definition) is 8. The van der Waals surface area contributed by atoms with Crippen molar-refractivity contribution in [1.82, 2.24) is 59.8 Å². The number of anilines is 8. The molecular formula is C100H110F12N20O15. The normalized spacial score (nSPS) is 17.1. The van der Waals surface area contributed by atoms with Crippen LogP contribution < -0.4 is 39.2 Å². The number of esters is 3. The van der Waals surface area contributed by atoms with E-state index in [1.54, 1.807) is 48.5 Å². The van der Waals surface area contributed by atoms with Gasteiger partial charge in [0, 0.05) is 175 Å². The van der Waals surface area contributed by atoms with Crippen LogP contribution in [-0.4, -0.2) is 285 Å². The molecule has 0 spiro atoms. The Labute approximate surface area is 835 Å². The van der Waals surface area contributed by atoms with Gasteiger partial charge in [-0.05, 0) is 147 Å². The van der Waals surface area contributed by atoms with Crippen molar-refractivity contribution in [2.75, 3.05) is 191 Å². The second-order valence-electron chi connectivity index (χ2n) is 35.7. The summed E-state index contributed by atoms with van der Waals surface area (Å²) < 4.78 is 190. The minimum absolute atomic E-state index is 0.00520. The zero-order valence-corrected chi connectivity index (χ0v) is 80.6. The molecule has 6 saturated heterocycles. The van der Waals surface area contributed by atoms with Gasteiger partial charge in [-0.25, -0.2) is 39.9 Å². The number of rotatable bonds is 26. The van der Waals surface area contributed by atoms with Crippen molar-refractivity contribution in [3.63, 3.8) is 0 Å². The first-order chi connectivity index (χ1) is 70.0. The number of H-pyrrole nitrogens is 4. The van der Waals surface area contributed by atoms with Crippen LogP contribution in [0.1, 0.15) is 72.7 Å². The average molecular weight is 2060 g/mol. The topological polar surface area (TPSA) is 406 Å². The summed E-state index contributed by atoms with van der Waals surface area (Å²) in [4.78, 5) is 106. The van der Waals surface area contributed by atoms with Gasteiger partial charge in [-0.1, -0.05) is 48.5 Å². The fraction of sp³-hybridized carbons (Fsp3) is 0.400. The molecule has 6 aliphatic heterocycles. The van der Waals surface area contributed by atoms with Crippen molar-refractivity contribution in [2.24, 2.45) is 0 Å². The Kier molecular flexibility index (Phi) is 35.5. The summed E-state index contributed by atoms with van der Waals surface area (Å²) in [6, 6.07) is 44.8. The van der Waals surface area contributed by atoms with E-state index in [9.17, 15) is 77.0 Å². The third-order valence-corrected chi connectivity index (χ3v) is 24.3. The van der Waals surface area contributed by atoms with E-state index in [-0.39, 0.29) is 92.9 Å². The number of nitrogens with zero attached hydrogens (tertiary/aromatic N) is 16. The highest BCUT2D eigenvalue weighted by Crippen LogP contribution is 2.37. The second-order valence-corrected chi connectivity index (χ2v) is 35.7. The van der Waals surface area contributed by atoms with Gasteiger partial charge in [0.15, 0.2) is 11.6 Å². The molecule has 18 rings (SSSR count). The fourth-order valence-electron chi connectivity index (χ4n) is 16.3. The molecule has 35 nitrogen and oxygen atoms in total. The number of hydrogen-bond acceptors (Lipinski definition) is 30. The molecule has 6 aliphatic rings. The van der Waals surface area contributed by atoms with Crippen molar-refractivity contribution in [2.45, 2.75) is 108 Å². The minimum atomic E-state index is -4.48. The quantitative estimate of drug-likeness (QED) is 0.0142. The first kappa shape index (κ1) is 108. The number of carbonyl (C=O) groups is 4. The lowest BCUT2D eigenvalue weighted by atomic mass is 10.1. The highest BCUT2D eigenvalue weighted by Gasteiger charge is 2.39. The maximum atomic E-state index is 12.8. The van der Waals surface area contributed by atoms with Gasteiger partial charge in [0.25, 0.3) is 0 Å². The number of benzene rings is 4. The van der Waals surface area contributed by atoms with Gasteiger partial charge in [0.05, 0.1) is 84.0 Å². The summed E-state index contributed by atoms with van der Waals surface area (Å²) in [5.41, 5.74) is 5.90. The van der Waals surface area contributed by atoms with E-state index in [1.807, 2.05) is 125 Å². The van der Waals surface area contributed by atoms with Crippen molar-refractivity contribution < 1.29 is 125 Å². The van der Waals surface area contributed by atoms with Gasteiger partial charge in [-0.2, -0.15) is 52.7 Å². The number of aliphatic carboxylic acids is 1. The third kappa shape index (κ3) is 30.8. The van der Waals surface area contributed by atoms with Gasteiger partial charge in [-0.15, -0.1) is 0 Å². The summed E-state index contributed by atoms with van der Waals surface area (Å²) in [7, 11) is 1.37. The second kappa shape index (κ2) is 48.2. The smallest absolute Gasteiger partial charge is 0.432 e. The largest absolute Gasteiger partial charge is 0.481 e. The van der Waals surface area contributed by atoms with Crippen LogP contribution in [-0.2, 0) is 103 Å². The third-order valence-electron chi connectivity index (χ3n) is 24.3. The molecule has 147 heavy (non-hydrogen) atoms. The molecule has 0 aliphatic carbocycles. The van der Waals surface area contributed by atoms with Crippen LogP contribution >= 0.6 is 0 Å². The lowest BCUT2D eigenvalue weighted by molar-refractivity contribution is -0.157. The summed E-state index contributed by atoms with van der Waals surface area (Å²) in [6.45, 7) is 19.8. The molecule has 12 aromatic rings. The van der Waals surface area contributed by atoms with Crippen molar-refractivity contribution in [1.29, 1.82) is 0 Å². The van der Waals surface area contributed by atoms with Crippen LogP contribution in [0.15, 0.2) is 195 Å². The number of methoxy groups -OCH3 is 1. The highest BCUT2D eigenvalue weighted by atomic mass is 19.4. The lowest BCUT2D eigenvalue weighted by Gasteiger charge is -2.36. The molecule has 47 heteroatoms. The van der Waals surface area contributed by atoms with Gasteiger partial charge in [-0.3, -0.25) is 19.2 Å². The van der Waals surface area contributed by atoms with Crippen LogP contribution in [0.4, 0.5) is 98.7 Å². The van der Waals surface area contributed by atoms with Crippen molar-refractivity contribution >= 4 is 69.9 Å². The maximum absolute atomic E-state index is 12.8. The Morgan fingerprint density at radius 3 is 0.837 bits per heavy atom. The molecule has 0 radical (unpaired) electrons. The molecule has 14 heterocycles. The number of halogens is 12. The van der Waals surface area contributed by atoms with Crippen molar-refractivity contribution in [3.05, 3.63) is 240 Å². The van der Waals surface area contributed by atoms with Crippen LogP contribution in [0.3, 0.4) is 0 Å². The monoisotopic (exact) mass is 2060 g/mol. The number of ether oxygens (including phenoxy) is 7. The minimum Gasteiger partial charge on any atom is -0.481 e. The molecule has 8 aromatic heterocycles. The Balaban J connectivity index is 0.000000151. The number of aliphatic hydroxyl groups is 3. The standard InChI is InChI=1S/C27H30F3N5O4.C24H26F3N5O4.C22H22F3N5O2.C21H20F3N5O2.C6H12O3/c1-26(2)38-17-21(39-26)16-37-24(36)13-18-3-6-20(7-4-18)34-9-11-35(12-10-34)23-8-5-19(14-31-23)25-32-15-22(33-25)27(28,29)30;25-24(26,27)20-13-29-23(30-20)17-3-6-21(28-12-17)32-9-7-31(8-10-32)18-4-1-16(2-5-18)11-22(35)36-15-19(34)14-33;1-32-20(31)12-15-2-5-17(6-3-15)29-8-10-30(11-9-29)19-7-4-16(13-26-19)21-27-14-18(28-21)22(23,24)25;22-21(23,24)17-13-26-20(27-17)15-3-6-18(25-12-15)29-9-7-28(8-10-29)16-4-1-14(2-5-16)11-19(30)31;1-6(2)8-4-5(3-7)9-6/h3-8,14-15,21H,9-13,16-17H2,1-2H3,(H,32,33);1-6,12-13,19,33-34H,7-11,14-15H2,(H,29,30);2-7,13-14H,8-12H2,1H3,(H,27,28);1-6,12-13H,7-11H2,(H,26,27)(H,30,31);5,7H,3-4H2,1-2H3. The summed E-state index contributed by atoms with van der Waals surface area (Å²) in [5.74, 6) is 0.480. The first-order valence-electron chi connectivity index (χ1n) is 46.9. The van der Waals surface area contributed by atoms with E-state index in [0.29, 0.717) is 48.6 Å². The van der Waals surface area contributed by atoms with E-state index < -0.39 is 83.7 Å². The van der Waals surface area contributed by atoms with Gasteiger partial charge in [0.2, 0.25) is 0 Å². The molecule has 8 N–H and O–H groups in total. The van der Waals surface area contributed by atoms with Gasteiger partial charge in [0.1, 0.15) is 101 Å². The van der Waals surface area contributed by atoms with E-state index in [4.69, 9.17) is 48.5 Å². The molecule has 0 bridgehead atoms. The number of carboxylic acid groups (broad SMARTS) is 1. The van der Waals surface area contributed by atoms with E-state index in [2.05, 4.69) is 99.0 Å². The zero-order chi connectivity index (χ0) is 105. The van der Waals surface area contributed by atoms with E-state index in [0.717, 1.165) is 185 Å². The number of carboxylic acids is 1. The molecule has 0 amide bonds. The number of piperazine rings is 4. The van der Waals surface area contributed by atoms with Crippen LogP contribution in [0.2, 0.25) is 0 Å². The molecule has 784 valence electrons. The summed E-state index contributed by atoms with van der Waals surface area (Å²) in [5, 5.41) is 35.5. The van der Waals surface area contributed by atoms with Crippen LogP contribution in [0.25, 0.3) is 45.6 Å². The number of imidazole rings is 4. The molecule has 0 saturated carbocycles. The van der Waals surface area contributed by atoms with Gasteiger partial charge < -0.3 is 113 Å². The predicted octanol–water partition coefficient (Wildman–Crippen LogP) is 13.4.